The molecule has 1 N–H and O–H groups in total. The summed E-state index contributed by atoms with van der Waals surface area (Å²) in [6.07, 6.45) is 2.75. The van der Waals surface area contributed by atoms with E-state index in [1.165, 1.54) is 22.0 Å². The van der Waals surface area contributed by atoms with Crippen LogP contribution in [-0.2, 0) is 12.8 Å². The molecule has 1 aromatic carbocycles. The maximum Gasteiger partial charge on any atom is 0.261 e. The molecular formula is C13H15NOS. The Hall–Kier alpha value is -1.35. The predicted octanol–water partition coefficient (Wildman–Crippen LogP) is 2.98. The standard InChI is InChI=1S/C13H15NOS/c1-2-6-11-12(16-14-13(11)15)9-10-7-4-3-5-8-10/h3-5,7-8H,2,6,9H2,1H3,(H,14,15). The molecule has 0 fully saturated rings. The lowest BCUT2D eigenvalue weighted by Crippen LogP contribution is -2.06. The average Bonchev–Trinajstić information content (AvgIpc) is 2.64. The lowest BCUT2D eigenvalue weighted by molar-refractivity contribution is 0.901. The third-order valence-electron chi connectivity index (χ3n) is 2.59. The van der Waals surface area contributed by atoms with E-state index in [2.05, 4.69) is 23.4 Å². The molecule has 0 aliphatic rings. The fourth-order valence-electron chi connectivity index (χ4n) is 1.78. The number of H-pyrrole nitrogens is 1. The second-order valence-electron chi connectivity index (χ2n) is 3.85. The first-order valence-electron chi connectivity index (χ1n) is 5.54. The van der Waals surface area contributed by atoms with E-state index in [1.54, 1.807) is 0 Å². The number of nitrogens with one attached hydrogen (secondary N) is 1. The van der Waals surface area contributed by atoms with Gasteiger partial charge in [-0.2, -0.15) is 0 Å². The van der Waals surface area contributed by atoms with Crippen molar-refractivity contribution in [3.05, 3.63) is 56.7 Å². The van der Waals surface area contributed by atoms with Crippen LogP contribution in [0.1, 0.15) is 29.3 Å². The van der Waals surface area contributed by atoms with Gasteiger partial charge in [0, 0.05) is 16.9 Å². The first-order chi connectivity index (χ1) is 7.81. The molecule has 3 heteroatoms. The van der Waals surface area contributed by atoms with E-state index in [9.17, 15) is 4.79 Å². The Morgan fingerprint density at radius 3 is 2.69 bits per heavy atom. The van der Waals surface area contributed by atoms with E-state index in [4.69, 9.17) is 0 Å². The van der Waals surface area contributed by atoms with Crippen LogP contribution in [0.3, 0.4) is 0 Å². The molecule has 16 heavy (non-hydrogen) atoms. The zero-order valence-electron chi connectivity index (χ0n) is 9.32. The molecule has 0 radical (unpaired) electrons. The van der Waals surface area contributed by atoms with Gasteiger partial charge in [0.25, 0.3) is 5.56 Å². The third-order valence-corrected chi connectivity index (χ3v) is 3.51. The maximum absolute atomic E-state index is 11.6. The Kier molecular flexibility index (Phi) is 3.57. The van der Waals surface area contributed by atoms with E-state index in [0.717, 1.165) is 24.8 Å². The van der Waals surface area contributed by atoms with Crippen LogP contribution in [0.2, 0.25) is 0 Å². The maximum atomic E-state index is 11.6. The summed E-state index contributed by atoms with van der Waals surface area (Å²) in [5.41, 5.74) is 2.32. The highest BCUT2D eigenvalue weighted by molar-refractivity contribution is 7.05. The number of aromatic nitrogens is 1. The molecule has 0 amide bonds. The third kappa shape index (κ3) is 2.42. The molecule has 0 atom stereocenters. The molecule has 0 saturated carbocycles. The van der Waals surface area contributed by atoms with Gasteiger partial charge in [0.15, 0.2) is 0 Å². The summed E-state index contributed by atoms with van der Waals surface area (Å²) >= 11 is 1.47. The molecule has 1 heterocycles. The number of aromatic amines is 1. The largest absolute Gasteiger partial charge is 0.277 e. The van der Waals surface area contributed by atoms with Crippen molar-refractivity contribution in [2.24, 2.45) is 0 Å². The highest BCUT2D eigenvalue weighted by Gasteiger charge is 2.09. The first kappa shape index (κ1) is 11.1. The normalized spacial score (nSPS) is 10.6. The molecule has 2 aromatic rings. The predicted molar refractivity (Wildman–Crippen MR) is 68.2 cm³/mol. The van der Waals surface area contributed by atoms with Gasteiger partial charge in [0.2, 0.25) is 0 Å². The van der Waals surface area contributed by atoms with E-state index >= 15 is 0 Å². The molecule has 0 aliphatic carbocycles. The summed E-state index contributed by atoms with van der Waals surface area (Å²) in [4.78, 5) is 12.8. The van der Waals surface area contributed by atoms with Crippen molar-refractivity contribution in [2.45, 2.75) is 26.2 Å². The number of rotatable bonds is 4. The van der Waals surface area contributed by atoms with Crippen LogP contribution in [0.5, 0.6) is 0 Å². The average molecular weight is 233 g/mol. The zero-order valence-corrected chi connectivity index (χ0v) is 10.1. The fourth-order valence-corrected chi connectivity index (χ4v) is 2.68. The van der Waals surface area contributed by atoms with Crippen molar-refractivity contribution < 1.29 is 0 Å². The fraction of sp³-hybridized carbons (Fsp3) is 0.308. The molecule has 2 nitrogen and oxygen atoms in total. The van der Waals surface area contributed by atoms with Gasteiger partial charge in [-0.3, -0.25) is 9.17 Å². The van der Waals surface area contributed by atoms with Crippen LogP contribution in [0.25, 0.3) is 0 Å². The summed E-state index contributed by atoms with van der Waals surface area (Å²) in [5.74, 6) is 0. The molecule has 2 rings (SSSR count). The van der Waals surface area contributed by atoms with Crippen molar-refractivity contribution in [1.29, 1.82) is 0 Å². The van der Waals surface area contributed by atoms with Gasteiger partial charge in [-0.05, 0) is 12.0 Å². The highest BCUT2D eigenvalue weighted by atomic mass is 32.1. The van der Waals surface area contributed by atoms with Crippen LogP contribution in [-0.4, -0.2) is 4.37 Å². The smallest absolute Gasteiger partial charge is 0.261 e. The van der Waals surface area contributed by atoms with Gasteiger partial charge < -0.3 is 0 Å². The van der Waals surface area contributed by atoms with Crippen molar-refractivity contribution >= 4 is 11.5 Å². The van der Waals surface area contributed by atoms with Gasteiger partial charge in [-0.15, -0.1) is 0 Å². The van der Waals surface area contributed by atoms with E-state index < -0.39 is 0 Å². The van der Waals surface area contributed by atoms with Gasteiger partial charge >= 0.3 is 0 Å². The van der Waals surface area contributed by atoms with Crippen molar-refractivity contribution in [3.8, 4) is 0 Å². The monoisotopic (exact) mass is 233 g/mol. The lowest BCUT2D eigenvalue weighted by Gasteiger charge is -2.00. The second kappa shape index (κ2) is 5.12. The number of benzene rings is 1. The minimum atomic E-state index is 0.0952. The van der Waals surface area contributed by atoms with Gasteiger partial charge in [-0.1, -0.05) is 55.2 Å². The van der Waals surface area contributed by atoms with Crippen molar-refractivity contribution in [3.63, 3.8) is 0 Å². The second-order valence-corrected chi connectivity index (χ2v) is 4.75. The van der Waals surface area contributed by atoms with Crippen molar-refractivity contribution in [2.75, 3.05) is 0 Å². The summed E-state index contributed by atoms with van der Waals surface area (Å²) in [5, 5.41) is 0. The Bertz CT molecular complexity index is 498. The summed E-state index contributed by atoms with van der Waals surface area (Å²) in [7, 11) is 0. The molecule has 1 aromatic heterocycles. The molecule has 0 aliphatic heterocycles. The molecule has 0 spiro atoms. The Morgan fingerprint density at radius 2 is 2.00 bits per heavy atom. The summed E-state index contributed by atoms with van der Waals surface area (Å²) in [6.45, 7) is 2.10. The Labute approximate surface area is 99.1 Å². The first-order valence-corrected chi connectivity index (χ1v) is 6.36. The quantitative estimate of drug-likeness (QED) is 0.865. The van der Waals surface area contributed by atoms with E-state index in [1.807, 2.05) is 18.2 Å². The number of hydrogen-bond donors (Lipinski definition) is 1. The molecule has 0 saturated heterocycles. The van der Waals surface area contributed by atoms with E-state index in [0.29, 0.717) is 0 Å². The molecule has 84 valence electrons. The minimum absolute atomic E-state index is 0.0952. The topological polar surface area (TPSA) is 32.9 Å². The van der Waals surface area contributed by atoms with Crippen LogP contribution in [0, 0.1) is 0 Å². The van der Waals surface area contributed by atoms with Crippen LogP contribution in [0.4, 0.5) is 0 Å². The molecule has 0 unspecified atom stereocenters. The highest BCUT2D eigenvalue weighted by Crippen LogP contribution is 2.16. The van der Waals surface area contributed by atoms with Crippen LogP contribution < -0.4 is 5.56 Å². The number of hydrogen-bond acceptors (Lipinski definition) is 2. The zero-order chi connectivity index (χ0) is 11.4. The van der Waals surface area contributed by atoms with Crippen LogP contribution >= 0.6 is 11.5 Å². The van der Waals surface area contributed by atoms with Gasteiger partial charge in [0.1, 0.15) is 0 Å². The summed E-state index contributed by atoms with van der Waals surface area (Å²) in [6, 6.07) is 10.3. The lowest BCUT2D eigenvalue weighted by atomic mass is 10.1. The minimum Gasteiger partial charge on any atom is -0.277 e. The van der Waals surface area contributed by atoms with Gasteiger partial charge in [0.05, 0.1) is 0 Å². The van der Waals surface area contributed by atoms with E-state index in [-0.39, 0.29) is 5.56 Å². The summed E-state index contributed by atoms with van der Waals surface area (Å²) < 4.78 is 2.83. The Balaban J connectivity index is 2.25. The molecular weight excluding hydrogens is 218 g/mol. The van der Waals surface area contributed by atoms with Crippen LogP contribution in [0.15, 0.2) is 35.1 Å². The molecule has 0 bridgehead atoms. The van der Waals surface area contributed by atoms with Gasteiger partial charge in [-0.25, -0.2) is 0 Å². The SMILES string of the molecule is CCCc1c(Cc2ccccc2)s[nH]c1=O. The van der Waals surface area contributed by atoms with Crippen molar-refractivity contribution in [1.82, 2.24) is 4.37 Å². The Morgan fingerprint density at radius 1 is 1.25 bits per heavy atom.